The van der Waals surface area contributed by atoms with Crippen molar-refractivity contribution in [3.8, 4) is 5.75 Å². The molecule has 0 spiro atoms. The third-order valence-electron chi connectivity index (χ3n) is 2.95. The summed E-state index contributed by atoms with van der Waals surface area (Å²) in [6, 6.07) is 10.7. The van der Waals surface area contributed by atoms with Crippen LogP contribution in [0.1, 0.15) is 11.1 Å². The number of ether oxygens (including phenoxy) is 1. The van der Waals surface area contributed by atoms with Gasteiger partial charge in [0.2, 0.25) is 0 Å². The lowest BCUT2D eigenvalue weighted by Gasteiger charge is -2.10. The van der Waals surface area contributed by atoms with E-state index in [2.05, 4.69) is 5.32 Å². The Kier molecular flexibility index (Phi) is 5.23. The number of carbonyl (C=O) groups is 1. The van der Waals surface area contributed by atoms with E-state index >= 15 is 0 Å². The van der Waals surface area contributed by atoms with Gasteiger partial charge in [-0.15, -0.1) is 0 Å². The predicted molar refractivity (Wildman–Crippen MR) is 77.9 cm³/mol. The molecule has 4 nitrogen and oxygen atoms in total. The second-order valence-electron chi connectivity index (χ2n) is 4.72. The van der Waals surface area contributed by atoms with Gasteiger partial charge in [-0.1, -0.05) is 12.1 Å². The van der Waals surface area contributed by atoms with Crippen LogP contribution in [0.3, 0.4) is 0 Å². The van der Waals surface area contributed by atoms with Crippen molar-refractivity contribution in [1.29, 1.82) is 0 Å². The minimum Gasteiger partial charge on any atom is -0.484 e. The van der Waals surface area contributed by atoms with Crippen LogP contribution in [0.2, 0.25) is 0 Å². The molecule has 0 unspecified atom stereocenters. The Morgan fingerprint density at radius 3 is 2.43 bits per heavy atom. The van der Waals surface area contributed by atoms with Gasteiger partial charge < -0.3 is 15.2 Å². The molecule has 0 aromatic heterocycles. The molecule has 0 atom stereocenters. The molecule has 2 N–H and O–H groups in total. The van der Waals surface area contributed by atoms with Crippen molar-refractivity contribution in [1.82, 2.24) is 0 Å². The third-order valence-corrected chi connectivity index (χ3v) is 2.95. The van der Waals surface area contributed by atoms with E-state index in [1.165, 1.54) is 12.1 Å². The topological polar surface area (TPSA) is 58.6 Å². The van der Waals surface area contributed by atoms with E-state index in [0.29, 0.717) is 11.3 Å². The van der Waals surface area contributed by atoms with Crippen LogP contribution in [-0.2, 0) is 17.6 Å². The predicted octanol–water partition coefficient (Wildman–Crippen LogP) is 3.22. The van der Waals surface area contributed by atoms with Gasteiger partial charge in [-0.25, -0.2) is 0 Å². The lowest BCUT2D eigenvalue weighted by Crippen LogP contribution is -2.20. The summed E-state index contributed by atoms with van der Waals surface area (Å²) < 4.78 is 42.5. The fraction of sp³-hybridized carbons (Fsp3) is 0.188. The SMILES string of the molecule is O=C(COc1cccc(CO)c1)Nc1ccc(C(F)(F)F)cc1. The minimum absolute atomic E-state index is 0.144. The Morgan fingerprint density at radius 1 is 1.13 bits per heavy atom. The Bertz CT molecular complexity index is 669. The highest BCUT2D eigenvalue weighted by atomic mass is 19.4. The molecule has 23 heavy (non-hydrogen) atoms. The minimum atomic E-state index is -4.41. The first-order valence-corrected chi connectivity index (χ1v) is 6.68. The monoisotopic (exact) mass is 325 g/mol. The number of rotatable bonds is 5. The first-order chi connectivity index (χ1) is 10.9. The van der Waals surface area contributed by atoms with Crippen molar-refractivity contribution in [3.63, 3.8) is 0 Å². The van der Waals surface area contributed by atoms with E-state index in [-0.39, 0.29) is 18.9 Å². The highest BCUT2D eigenvalue weighted by Gasteiger charge is 2.29. The molecule has 0 heterocycles. The summed E-state index contributed by atoms with van der Waals surface area (Å²) >= 11 is 0. The standard InChI is InChI=1S/C16H14F3NO3/c17-16(18,19)12-4-6-13(7-5-12)20-15(22)10-23-14-3-1-2-11(8-14)9-21/h1-8,21H,9-10H2,(H,20,22). The Hall–Kier alpha value is -2.54. The van der Waals surface area contributed by atoms with Gasteiger partial charge in [-0.3, -0.25) is 4.79 Å². The zero-order valence-electron chi connectivity index (χ0n) is 11.9. The van der Waals surface area contributed by atoms with Crippen molar-refractivity contribution >= 4 is 11.6 Å². The third kappa shape index (κ3) is 5.00. The Morgan fingerprint density at radius 2 is 1.83 bits per heavy atom. The highest BCUT2D eigenvalue weighted by Crippen LogP contribution is 2.29. The molecule has 0 aliphatic rings. The molecule has 2 rings (SSSR count). The number of aliphatic hydroxyl groups excluding tert-OH is 1. The summed E-state index contributed by atoms with van der Waals surface area (Å²) in [5.41, 5.74) is 0.105. The van der Waals surface area contributed by atoms with Gasteiger partial charge in [0.05, 0.1) is 12.2 Å². The van der Waals surface area contributed by atoms with Crippen LogP contribution in [0.25, 0.3) is 0 Å². The fourth-order valence-corrected chi connectivity index (χ4v) is 1.82. The van der Waals surface area contributed by atoms with Crippen LogP contribution in [0.15, 0.2) is 48.5 Å². The summed E-state index contributed by atoms with van der Waals surface area (Å²) in [7, 11) is 0. The van der Waals surface area contributed by atoms with E-state index in [1.807, 2.05) is 0 Å². The summed E-state index contributed by atoms with van der Waals surface area (Å²) in [6.07, 6.45) is -4.41. The first-order valence-electron chi connectivity index (χ1n) is 6.68. The molecule has 0 aliphatic carbocycles. The van der Waals surface area contributed by atoms with Crippen LogP contribution in [0.5, 0.6) is 5.75 Å². The van der Waals surface area contributed by atoms with Gasteiger partial charge in [-0.2, -0.15) is 13.2 Å². The first kappa shape index (κ1) is 16.8. The van der Waals surface area contributed by atoms with Crippen molar-refractivity contribution in [2.45, 2.75) is 12.8 Å². The van der Waals surface area contributed by atoms with Crippen LogP contribution in [0, 0.1) is 0 Å². The maximum atomic E-state index is 12.4. The molecule has 0 fully saturated rings. The summed E-state index contributed by atoms with van der Waals surface area (Å²) in [6.45, 7) is -0.440. The number of carbonyl (C=O) groups excluding carboxylic acids is 1. The molecule has 0 aliphatic heterocycles. The van der Waals surface area contributed by atoms with Crippen LogP contribution >= 0.6 is 0 Å². The number of anilines is 1. The van der Waals surface area contributed by atoms with Gasteiger partial charge in [0, 0.05) is 5.69 Å². The Balaban J connectivity index is 1.89. The lowest BCUT2D eigenvalue weighted by atomic mass is 10.2. The molecule has 0 radical (unpaired) electrons. The van der Waals surface area contributed by atoms with Crippen molar-refractivity contribution in [3.05, 3.63) is 59.7 Å². The average molecular weight is 325 g/mol. The quantitative estimate of drug-likeness (QED) is 0.887. The van der Waals surface area contributed by atoms with Gasteiger partial charge in [0.15, 0.2) is 6.61 Å². The normalized spacial score (nSPS) is 11.1. The smallest absolute Gasteiger partial charge is 0.416 e. The Labute approximate surface area is 130 Å². The number of halogens is 3. The molecule has 7 heteroatoms. The van der Waals surface area contributed by atoms with Crippen LogP contribution in [0.4, 0.5) is 18.9 Å². The number of nitrogens with one attached hydrogen (secondary N) is 1. The van der Waals surface area contributed by atoms with Gasteiger partial charge in [0.25, 0.3) is 5.91 Å². The number of amides is 1. The van der Waals surface area contributed by atoms with E-state index in [9.17, 15) is 18.0 Å². The molecule has 0 saturated heterocycles. The van der Waals surface area contributed by atoms with Crippen LogP contribution < -0.4 is 10.1 Å². The second-order valence-corrected chi connectivity index (χ2v) is 4.72. The van der Waals surface area contributed by atoms with E-state index < -0.39 is 17.6 Å². The largest absolute Gasteiger partial charge is 0.484 e. The maximum Gasteiger partial charge on any atom is 0.416 e. The summed E-state index contributed by atoms with van der Waals surface area (Å²) in [5, 5.41) is 11.4. The van der Waals surface area contributed by atoms with Crippen LogP contribution in [-0.4, -0.2) is 17.6 Å². The average Bonchev–Trinajstić information content (AvgIpc) is 2.53. The number of hydrogen-bond donors (Lipinski definition) is 2. The molecule has 2 aromatic rings. The zero-order valence-corrected chi connectivity index (χ0v) is 11.9. The number of alkyl halides is 3. The lowest BCUT2D eigenvalue weighted by molar-refractivity contribution is -0.137. The van der Waals surface area contributed by atoms with Crippen molar-refractivity contribution in [2.75, 3.05) is 11.9 Å². The zero-order chi connectivity index (χ0) is 16.9. The van der Waals surface area contributed by atoms with Crippen molar-refractivity contribution in [2.24, 2.45) is 0 Å². The van der Waals surface area contributed by atoms with E-state index in [1.54, 1.807) is 24.3 Å². The summed E-state index contributed by atoms with van der Waals surface area (Å²) in [4.78, 5) is 11.7. The fourth-order valence-electron chi connectivity index (χ4n) is 1.82. The number of hydrogen-bond acceptors (Lipinski definition) is 3. The van der Waals surface area contributed by atoms with Crippen molar-refractivity contribution < 1.29 is 27.8 Å². The number of aliphatic hydroxyl groups is 1. The number of benzene rings is 2. The van der Waals surface area contributed by atoms with E-state index in [0.717, 1.165) is 12.1 Å². The van der Waals surface area contributed by atoms with Gasteiger partial charge in [0.1, 0.15) is 5.75 Å². The second kappa shape index (κ2) is 7.15. The molecule has 0 saturated carbocycles. The molecule has 1 amide bonds. The van der Waals surface area contributed by atoms with Gasteiger partial charge in [-0.05, 0) is 42.0 Å². The molecular formula is C16H14F3NO3. The summed E-state index contributed by atoms with van der Waals surface area (Å²) in [5.74, 6) is -0.0849. The molecule has 122 valence electrons. The molecular weight excluding hydrogens is 311 g/mol. The maximum absolute atomic E-state index is 12.4. The van der Waals surface area contributed by atoms with E-state index in [4.69, 9.17) is 9.84 Å². The van der Waals surface area contributed by atoms with Gasteiger partial charge >= 0.3 is 6.18 Å². The highest BCUT2D eigenvalue weighted by molar-refractivity contribution is 5.91. The molecule has 0 bridgehead atoms. The molecule has 2 aromatic carbocycles.